The standard InChI is InChI=1S/C10H14N2Si/c1-13(2,3)5-4-9-6-10(11)8-12-7-9/h6-8H,11H2,1-3H3. The Morgan fingerprint density at radius 2 is 2.00 bits per heavy atom. The van der Waals surface area contributed by atoms with Gasteiger partial charge in [0.2, 0.25) is 0 Å². The first-order valence-electron chi connectivity index (χ1n) is 4.21. The zero-order valence-corrected chi connectivity index (χ0v) is 9.26. The van der Waals surface area contributed by atoms with Gasteiger partial charge in [0.05, 0.1) is 5.69 Å². The average molecular weight is 190 g/mol. The first-order valence-corrected chi connectivity index (χ1v) is 7.71. The van der Waals surface area contributed by atoms with Crippen molar-refractivity contribution in [2.24, 2.45) is 0 Å². The molecule has 0 aliphatic carbocycles. The van der Waals surface area contributed by atoms with Gasteiger partial charge in [-0.25, -0.2) is 0 Å². The summed E-state index contributed by atoms with van der Waals surface area (Å²) in [5.41, 5.74) is 10.4. The van der Waals surface area contributed by atoms with E-state index in [-0.39, 0.29) is 0 Å². The highest BCUT2D eigenvalue weighted by atomic mass is 28.3. The highest BCUT2D eigenvalue weighted by Crippen LogP contribution is 2.03. The lowest BCUT2D eigenvalue weighted by atomic mass is 10.3. The van der Waals surface area contributed by atoms with Crippen LogP contribution < -0.4 is 5.73 Å². The molecule has 0 fully saturated rings. The van der Waals surface area contributed by atoms with E-state index in [1.807, 2.05) is 6.07 Å². The summed E-state index contributed by atoms with van der Waals surface area (Å²) in [6.45, 7) is 6.62. The maximum Gasteiger partial charge on any atom is 0.129 e. The third kappa shape index (κ3) is 3.77. The Hall–Kier alpha value is -1.27. The molecule has 0 aliphatic rings. The van der Waals surface area contributed by atoms with Gasteiger partial charge in [-0.3, -0.25) is 4.98 Å². The summed E-state index contributed by atoms with van der Waals surface area (Å²) in [6.07, 6.45) is 3.36. The highest BCUT2D eigenvalue weighted by Gasteiger charge is 2.07. The molecule has 0 aliphatic heterocycles. The summed E-state index contributed by atoms with van der Waals surface area (Å²) < 4.78 is 0. The number of hydrogen-bond donors (Lipinski definition) is 1. The van der Waals surface area contributed by atoms with Crippen LogP contribution >= 0.6 is 0 Å². The molecular formula is C10H14N2Si. The van der Waals surface area contributed by atoms with Gasteiger partial charge in [-0.1, -0.05) is 25.6 Å². The molecule has 0 bridgehead atoms. The summed E-state index contributed by atoms with van der Waals surface area (Å²) >= 11 is 0. The minimum Gasteiger partial charge on any atom is -0.397 e. The number of nitrogens with two attached hydrogens (primary N) is 1. The predicted molar refractivity (Wildman–Crippen MR) is 58.9 cm³/mol. The smallest absolute Gasteiger partial charge is 0.129 e. The minimum absolute atomic E-state index is 0.669. The molecule has 0 radical (unpaired) electrons. The van der Waals surface area contributed by atoms with Crippen molar-refractivity contribution in [3.05, 3.63) is 24.0 Å². The zero-order chi connectivity index (χ0) is 9.90. The van der Waals surface area contributed by atoms with Gasteiger partial charge in [0.25, 0.3) is 0 Å². The molecule has 3 heteroatoms. The van der Waals surface area contributed by atoms with Crippen LogP contribution in [0.1, 0.15) is 5.56 Å². The highest BCUT2D eigenvalue weighted by molar-refractivity contribution is 6.83. The van der Waals surface area contributed by atoms with Crippen LogP contribution in [0.25, 0.3) is 0 Å². The predicted octanol–water partition coefficient (Wildman–Crippen LogP) is 1.89. The zero-order valence-electron chi connectivity index (χ0n) is 8.26. The van der Waals surface area contributed by atoms with Gasteiger partial charge in [0.1, 0.15) is 8.07 Å². The van der Waals surface area contributed by atoms with Crippen molar-refractivity contribution in [3.63, 3.8) is 0 Å². The van der Waals surface area contributed by atoms with E-state index in [9.17, 15) is 0 Å². The Balaban J connectivity index is 2.90. The van der Waals surface area contributed by atoms with E-state index in [0.29, 0.717) is 5.69 Å². The van der Waals surface area contributed by atoms with Gasteiger partial charge < -0.3 is 5.73 Å². The molecule has 0 spiro atoms. The van der Waals surface area contributed by atoms with Gasteiger partial charge in [0, 0.05) is 18.0 Å². The largest absolute Gasteiger partial charge is 0.397 e. The van der Waals surface area contributed by atoms with Gasteiger partial charge in [-0.2, -0.15) is 0 Å². The molecule has 1 rings (SSSR count). The molecular weight excluding hydrogens is 176 g/mol. The molecule has 2 N–H and O–H groups in total. The van der Waals surface area contributed by atoms with Crippen LogP contribution in [0.15, 0.2) is 18.5 Å². The Morgan fingerprint density at radius 3 is 2.54 bits per heavy atom. The third-order valence-corrected chi connectivity index (χ3v) is 2.22. The Labute approximate surface area is 80.2 Å². The van der Waals surface area contributed by atoms with Crippen molar-refractivity contribution in [1.29, 1.82) is 0 Å². The van der Waals surface area contributed by atoms with Crippen molar-refractivity contribution in [2.45, 2.75) is 19.6 Å². The van der Waals surface area contributed by atoms with E-state index in [1.54, 1.807) is 12.4 Å². The molecule has 0 atom stereocenters. The van der Waals surface area contributed by atoms with Gasteiger partial charge in [-0.05, 0) is 6.07 Å². The molecule has 68 valence electrons. The number of nitrogens with zero attached hydrogens (tertiary/aromatic N) is 1. The summed E-state index contributed by atoms with van der Waals surface area (Å²) in [7, 11) is -1.29. The van der Waals surface area contributed by atoms with Crippen molar-refractivity contribution >= 4 is 13.8 Å². The first kappa shape index (κ1) is 9.81. The van der Waals surface area contributed by atoms with Crippen molar-refractivity contribution in [1.82, 2.24) is 4.98 Å². The molecule has 1 aromatic heterocycles. The Morgan fingerprint density at radius 1 is 1.31 bits per heavy atom. The third-order valence-electron chi connectivity index (χ3n) is 1.34. The van der Waals surface area contributed by atoms with Crippen LogP contribution in [0, 0.1) is 11.5 Å². The van der Waals surface area contributed by atoms with E-state index in [1.165, 1.54) is 0 Å². The maximum absolute atomic E-state index is 5.58. The number of rotatable bonds is 0. The normalized spacial score (nSPS) is 10.4. The fourth-order valence-electron chi connectivity index (χ4n) is 0.786. The molecule has 0 aromatic carbocycles. The van der Waals surface area contributed by atoms with E-state index < -0.39 is 8.07 Å². The summed E-state index contributed by atoms with van der Waals surface area (Å²) in [6, 6.07) is 1.85. The minimum atomic E-state index is -1.29. The Kier molecular flexibility index (Phi) is 2.74. The lowest BCUT2D eigenvalue weighted by molar-refractivity contribution is 1.32. The molecule has 0 unspecified atom stereocenters. The molecule has 13 heavy (non-hydrogen) atoms. The SMILES string of the molecule is C[Si](C)(C)C#Cc1cncc(N)c1. The molecule has 0 saturated heterocycles. The van der Waals surface area contributed by atoms with Gasteiger partial charge in [0.15, 0.2) is 0 Å². The number of anilines is 1. The van der Waals surface area contributed by atoms with Crippen LogP contribution in [0.3, 0.4) is 0 Å². The molecule has 0 saturated carbocycles. The van der Waals surface area contributed by atoms with Crippen molar-refractivity contribution in [2.75, 3.05) is 5.73 Å². The van der Waals surface area contributed by atoms with Crippen LogP contribution in [-0.4, -0.2) is 13.1 Å². The second-order valence-electron chi connectivity index (χ2n) is 4.01. The van der Waals surface area contributed by atoms with E-state index in [4.69, 9.17) is 5.73 Å². The molecule has 1 heterocycles. The van der Waals surface area contributed by atoms with E-state index in [0.717, 1.165) is 5.56 Å². The first-order chi connectivity index (χ1) is 5.97. The van der Waals surface area contributed by atoms with E-state index in [2.05, 4.69) is 36.1 Å². The van der Waals surface area contributed by atoms with Crippen LogP contribution in [0.4, 0.5) is 5.69 Å². The number of hydrogen-bond acceptors (Lipinski definition) is 2. The Bertz CT molecular complexity index is 355. The number of pyridine rings is 1. The fraction of sp³-hybridized carbons (Fsp3) is 0.300. The average Bonchev–Trinajstić information content (AvgIpc) is 2.00. The van der Waals surface area contributed by atoms with Crippen molar-refractivity contribution < 1.29 is 0 Å². The summed E-state index contributed by atoms with van der Waals surface area (Å²) in [4.78, 5) is 3.97. The molecule has 1 aromatic rings. The summed E-state index contributed by atoms with van der Waals surface area (Å²) in [5.74, 6) is 3.09. The topological polar surface area (TPSA) is 38.9 Å². The molecule has 2 nitrogen and oxygen atoms in total. The van der Waals surface area contributed by atoms with Crippen LogP contribution in [0.2, 0.25) is 19.6 Å². The second kappa shape index (κ2) is 3.63. The molecule has 0 amide bonds. The van der Waals surface area contributed by atoms with E-state index >= 15 is 0 Å². The number of nitrogen functional groups attached to an aromatic ring is 1. The second-order valence-corrected chi connectivity index (χ2v) is 8.76. The quantitative estimate of drug-likeness (QED) is 0.501. The van der Waals surface area contributed by atoms with Gasteiger partial charge in [-0.15, -0.1) is 5.54 Å². The van der Waals surface area contributed by atoms with Crippen molar-refractivity contribution in [3.8, 4) is 11.5 Å². The lowest BCUT2D eigenvalue weighted by Crippen LogP contribution is -2.16. The fourth-order valence-corrected chi connectivity index (χ4v) is 1.31. The lowest BCUT2D eigenvalue weighted by Gasteiger charge is -2.03. The van der Waals surface area contributed by atoms with Crippen LogP contribution in [0.5, 0.6) is 0 Å². The maximum atomic E-state index is 5.58. The van der Waals surface area contributed by atoms with Gasteiger partial charge >= 0.3 is 0 Å². The summed E-state index contributed by atoms with van der Waals surface area (Å²) in [5, 5.41) is 0. The number of aromatic nitrogens is 1. The monoisotopic (exact) mass is 190 g/mol. The van der Waals surface area contributed by atoms with Crippen LogP contribution in [-0.2, 0) is 0 Å².